The van der Waals surface area contributed by atoms with Crippen molar-refractivity contribution in [3.63, 3.8) is 0 Å². The van der Waals surface area contributed by atoms with Gasteiger partial charge in [-0.15, -0.1) is 0 Å². The number of carbonyl (C=O) groups excluding carboxylic acids is 1. The van der Waals surface area contributed by atoms with Gasteiger partial charge in [-0.2, -0.15) is 0 Å². The third-order valence-electron chi connectivity index (χ3n) is 3.36. The fourth-order valence-electron chi connectivity index (χ4n) is 2.33. The van der Waals surface area contributed by atoms with Gasteiger partial charge in [0.25, 0.3) is 0 Å². The first-order valence-electron chi connectivity index (χ1n) is 6.63. The molecule has 0 unspecified atom stereocenters. The lowest BCUT2D eigenvalue weighted by Gasteiger charge is -2.10. The van der Waals surface area contributed by atoms with Gasteiger partial charge in [0.15, 0.2) is 5.78 Å². The number of Topliss-reactive ketones (excluding diaryl/α,β-unsaturated/α-hetero) is 1. The lowest BCUT2D eigenvalue weighted by molar-refractivity contribution is -0.114. The predicted molar refractivity (Wildman–Crippen MR) is 66.5 cm³/mol. The predicted octanol–water partition coefficient (Wildman–Crippen LogP) is 4.30. The van der Waals surface area contributed by atoms with Crippen LogP contribution in [0.4, 0.5) is 0 Å². The maximum atomic E-state index is 11.4. The van der Waals surface area contributed by atoms with Crippen molar-refractivity contribution in [1.29, 1.82) is 0 Å². The fourth-order valence-corrected chi connectivity index (χ4v) is 2.33. The number of carbonyl (C=O) groups is 1. The molecule has 1 aliphatic carbocycles. The van der Waals surface area contributed by atoms with E-state index in [1.807, 2.05) is 0 Å². The van der Waals surface area contributed by atoms with Crippen molar-refractivity contribution >= 4 is 5.78 Å². The van der Waals surface area contributed by atoms with Gasteiger partial charge in [0.2, 0.25) is 0 Å². The normalized spacial score (nSPS) is 25.6. The minimum Gasteiger partial charge on any atom is -0.512 e. The number of allylic oxidation sites excluding steroid dienone is 2. The van der Waals surface area contributed by atoms with Gasteiger partial charge in [-0.1, -0.05) is 38.5 Å². The van der Waals surface area contributed by atoms with E-state index in [0.717, 1.165) is 19.3 Å². The Balaban J connectivity index is 2.59. The highest BCUT2D eigenvalue weighted by molar-refractivity contribution is 5.93. The molecule has 0 saturated carbocycles. The van der Waals surface area contributed by atoms with Gasteiger partial charge in [0.1, 0.15) is 0 Å². The first-order valence-corrected chi connectivity index (χ1v) is 6.63. The largest absolute Gasteiger partial charge is 0.512 e. The van der Waals surface area contributed by atoms with Crippen LogP contribution in [-0.2, 0) is 4.79 Å². The Hall–Kier alpha value is -0.790. The Bertz CT molecular complexity index is 253. The van der Waals surface area contributed by atoms with Crippen LogP contribution in [0.1, 0.15) is 71.1 Å². The Labute approximate surface area is 98.7 Å². The van der Waals surface area contributed by atoms with E-state index in [0.29, 0.717) is 17.8 Å². The van der Waals surface area contributed by atoms with Crippen LogP contribution in [-0.4, -0.2) is 10.9 Å². The SMILES string of the molecule is CC(=O)/C1=C(\O)CCCCCCCCCC1. The summed E-state index contributed by atoms with van der Waals surface area (Å²) in [7, 11) is 0. The third kappa shape index (κ3) is 4.82. The molecule has 0 spiro atoms. The molecule has 0 aromatic carbocycles. The average molecular weight is 224 g/mol. The molecule has 0 radical (unpaired) electrons. The van der Waals surface area contributed by atoms with Gasteiger partial charge < -0.3 is 5.11 Å². The molecule has 2 nitrogen and oxygen atoms in total. The number of aliphatic hydroxyl groups is 1. The Morgan fingerprint density at radius 3 is 1.81 bits per heavy atom. The molecule has 0 bridgehead atoms. The van der Waals surface area contributed by atoms with Gasteiger partial charge in [-0.3, -0.25) is 4.79 Å². The van der Waals surface area contributed by atoms with Crippen LogP contribution in [0.25, 0.3) is 0 Å². The average Bonchev–Trinajstić information content (AvgIpc) is 2.22. The molecule has 0 fully saturated rings. The summed E-state index contributed by atoms with van der Waals surface area (Å²) >= 11 is 0. The van der Waals surface area contributed by atoms with Crippen molar-refractivity contribution in [2.24, 2.45) is 0 Å². The summed E-state index contributed by atoms with van der Waals surface area (Å²) in [6, 6.07) is 0. The molecule has 1 rings (SSSR count). The van der Waals surface area contributed by atoms with Crippen LogP contribution >= 0.6 is 0 Å². The molecule has 0 aromatic rings. The first kappa shape index (κ1) is 13.3. The standard InChI is InChI=1S/C14H24O2/c1-12(15)13-10-8-6-4-2-3-5-7-9-11-14(13)16/h16H,2-11H2,1H3/b14-13-. The zero-order chi connectivity index (χ0) is 11.8. The van der Waals surface area contributed by atoms with Crippen LogP contribution in [0.15, 0.2) is 11.3 Å². The second-order valence-electron chi connectivity index (χ2n) is 4.81. The molecule has 0 amide bonds. The zero-order valence-electron chi connectivity index (χ0n) is 10.4. The molecule has 92 valence electrons. The minimum atomic E-state index is 0.0505. The number of hydrogen-bond donors (Lipinski definition) is 1. The van der Waals surface area contributed by atoms with Crippen molar-refractivity contribution in [1.82, 2.24) is 0 Å². The Kier molecular flexibility index (Phi) is 6.20. The van der Waals surface area contributed by atoms with E-state index >= 15 is 0 Å². The van der Waals surface area contributed by atoms with Crippen molar-refractivity contribution < 1.29 is 9.90 Å². The van der Waals surface area contributed by atoms with E-state index in [-0.39, 0.29) is 5.78 Å². The Morgan fingerprint density at radius 2 is 1.31 bits per heavy atom. The van der Waals surface area contributed by atoms with Crippen LogP contribution in [0.2, 0.25) is 0 Å². The van der Waals surface area contributed by atoms with Crippen LogP contribution in [0, 0.1) is 0 Å². The zero-order valence-corrected chi connectivity index (χ0v) is 10.4. The smallest absolute Gasteiger partial charge is 0.159 e. The summed E-state index contributed by atoms with van der Waals surface area (Å²) in [6.45, 7) is 1.57. The van der Waals surface area contributed by atoms with Gasteiger partial charge in [-0.25, -0.2) is 0 Å². The van der Waals surface area contributed by atoms with Gasteiger partial charge in [-0.05, 0) is 26.2 Å². The first-order chi connectivity index (χ1) is 7.72. The quantitative estimate of drug-likeness (QED) is 0.721. The molecular formula is C14H24O2. The number of rotatable bonds is 1. The second-order valence-corrected chi connectivity index (χ2v) is 4.81. The second kappa shape index (κ2) is 7.48. The highest BCUT2D eigenvalue weighted by Gasteiger charge is 2.11. The lowest BCUT2D eigenvalue weighted by atomic mass is 9.97. The van der Waals surface area contributed by atoms with Crippen molar-refractivity contribution in [3.8, 4) is 0 Å². The molecule has 2 heteroatoms. The van der Waals surface area contributed by atoms with E-state index < -0.39 is 0 Å². The maximum Gasteiger partial charge on any atom is 0.159 e. The monoisotopic (exact) mass is 224 g/mol. The van der Waals surface area contributed by atoms with Gasteiger partial charge >= 0.3 is 0 Å². The van der Waals surface area contributed by atoms with Crippen molar-refractivity contribution in [3.05, 3.63) is 11.3 Å². The molecule has 0 atom stereocenters. The summed E-state index contributed by atoms with van der Waals surface area (Å²) in [5, 5.41) is 9.88. The van der Waals surface area contributed by atoms with E-state index in [1.54, 1.807) is 6.92 Å². The summed E-state index contributed by atoms with van der Waals surface area (Å²) < 4.78 is 0. The molecule has 16 heavy (non-hydrogen) atoms. The summed E-state index contributed by atoms with van der Waals surface area (Å²) in [4.78, 5) is 11.4. The minimum absolute atomic E-state index is 0.0505. The Morgan fingerprint density at radius 1 is 0.875 bits per heavy atom. The highest BCUT2D eigenvalue weighted by Crippen LogP contribution is 2.20. The number of ketones is 1. The molecule has 0 aromatic heterocycles. The van der Waals surface area contributed by atoms with Crippen LogP contribution < -0.4 is 0 Å². The molecule has 0 saturated heterocycles. The van der Waals surface area contributed by atoms with Crippen molar-refractivity contribution in [2.45, 2.75) is 71.1 Å². The summed E-state index contributed by atoms with van der Waals surface area (Å²) in [6.07, 6.45) is 11.1. The molecule has 0 heterocycles. The van der Waals surface area contributed by atoms with Gasteiger partial charge in [0.05, 0.1) is 5.76 Å². The summed E-state index contributed by atoms with van der Waals surface area (Å²) in [5.41, 5.74) is 0.681. The fraction of sp³-hybridized carbons (Fsp3) is 0.786. The lowest BCUT2D eigenvalue weighted by Crippen LogP contribution is -2.03. The van der Waals surface area contributed by atoms with Crippen LogP contribution in [0.5, 0.6) is 0 Å². The van der Waals surface area contributed by atoms with E-state index in [1.165, 1.54) is 38.5 Å². The summed E-state index contributed by atoms with van der Waals surface area (Å²) in [5.74, 6) is 0.405. The molecular weight excluding hydrogens is 200 g/mol. The third-order valence-corrected chi connectivity index (χ3v) is 3.36. The highest BCUT2D eigenvalue weighted by atomic mass is 16.3. The maximum absolute atomic E-state index is 11.4. The molecule has 1 aliphatic rings. The van der Waals surface area contributed by atoms with Crippen molar-refractivity contribution in [2.75, 3.05) is 0 Å². The number of hydrogen-bond acceptors (Lipinski definition) is 2. The molecule has 1 N–H and O–H groups in total. The van der Waals surface area contributed by atoms with E-state index in [4.69, 9.17) is 0 Å². The molecule has 0 aliphatic heterocycles. The van der Waals surface area contributed by atoms with Crippen LogP contribution in [0.3, 0.4) is 0 Å². The van der Waals surface area contributed by atoms with E-state index in [2.05, 4.69) is 0 Å². The number of aliphatic hydroxyl groups excluding tert-OH is 1. The topological polar surface area (TPSA) is 37.3 Å². The van der Waals surface area contributed by atoms with Gasteiger partial charge in [0, 0.05) is 12.0 Å². The van der Waals surface area contributed by atoms with E-state index in [9.17, 15) is 9.90 Å².